The van der Waals surface area contributed by atoms with Gasteiger partial charge in [0, 0.05) is 12.1 Å². The predicted molar refractivity (Wildman–Crippen MR) is 138 cm³/mol. The summed E-state index contributed by atoms with van der Waals surface area (Å²) in [6.45, 7) is 2.39. The summed E-state index contributed by atoms with van der Waals surface area (Å²) in [7, 11) is 4.85. The van der Waals surface area contributed by atoms with Gasteiger partial charge in [0.2, 0.25) is 5.75 Å². The van der Waals surface area contributed by atoms with Gasteiger partial charge in [0.25, 0.3) is 0 Å². The largest absolute Gasteiger partial charge is 0.493 e. The molecule has 0 unspecified atom stereocenters. The number of rotatable bonds is 6. The molecule has 5 rings (SSSR count). The van der Waals surface area contributed by atoms with Crippen LogP contribution in [0.5, 0.6) is 17.2 Å². The lowest BCUT2D eigenvalue weighted by atomic mass is 9.88. The first kappa shape index (κ1) is 23.5. The molecule has 0 aromatic heterocycles. The number of esters is 1. The number of carbonyl (C=O) groups excluding carboxylic acids is 1. The van der Waals surface area contributed by atoms with Gasteiger partial charge in [0.1, 0.15) is 0 Å². The van der Waals surface area contributed by atoms with Crippen LogP contribution >= 0.6 is 0 Å². The first-order valence-corrected chi connectivity index (χ1v) is 11.9. The van der Waals surface area contributed by atoms with Crippen molar-refractivity contribution in [3.05, 3.63) is 106 Å². The lowest BCUT2D eigenvalue weighted by Gasteiger charge is -2.39. The highest BCUT2D eigenvalue weighted by molar-refractivity contribution is 5.92. The SMILES string of the molecule is COc1cc2c(c(OC)c1OC)[C@@H](c1ccccc1)N(Cc1ccccc1)C1=C(C)C(=O)O[C@H]1/C=C\2. The van der Waals surface area contributed by atoms with E-state index in [-0.39, 0.29) is 12.0 Å². The fourth-order valence-electron chi connectivity index (χ4n) is 5.13. The second kappa shape index (κ2) is 9.82. The van der Waals surface area contributed by atoms with Crippen molar-refractivity contribution in [1.82, 2.24) is 4.90 Å². The van der Waals surface area contributed by atoms with Gasteiger partial charge in [-0.25, -0.2) is 4.79 Å². The molecule has 2 aliphatic heterocycles. The molecule has 0 bridgehead atoms. The Morgan fingerprint density at radius 3 is 2.19 bits per heavy atom. The minimum Gasteiger partial charge on any atom is -0.493 e. The van der Waals surface area contributed by atoms with Crippen molar-refractivity contribution in [1.29, 1.82) is 0 Å². The van der Waals surface area contributed by atoms with E-state index >= 15 is 0 Å². The van der Waals surface area contributed by atoms with Crippen molar-refractivity contribution in [2.45, 2.75) is 25.6 Å². The van der Waals surface area contributed by atoms with Crippen LogP contribution in [0.15, 0.2) is 84.1 Å². The van der Waals surface area contributed by atoms with Gasteiger partial charge in [-0.05, 0) is 35.8 Å². The van der Waals surface area contributed by atoms with Gasteiger partial charge < -0.3 is 23.8 Å². The summed E-state index contributed by atoms with van der Waals surface area (Å²) in [5, 5.41) is 0. The quantitative estimate of drug-likeness (QED) is 0.430. The van der Waals surface area contributed by atoms with Gasteiger partial charge in [0.05, 0.1) is 38.6 Å². The maximum Gasteiger partial charge on any atom is 0.336 e. The summed E-state index contributed by atoms with van der Waals surface area (Å²) in [6, 6.07) is 22.1. The van der Waals surface area contributed by atoms with Crippen molar-refractivity contribution in [3.8, 4) is 17.2 Å². The Labute approximate surface area is 211 Å². The summed E-state index contributed by atoms with van der Waals surface area (Å²) < 4.78 is 23.2. The van der Waals surface area contributed by atoms with E-state index in [1.165, 1.54) is 0 Å². The average molecular weight is 484 g/mol. The Hall–Kier alpha value is -4.19. The molecule has 0 saturated heterocycles. The minimum absolute atomic E-state index is 0.303. The van der Waals surface area contributed by atoms with E-state index in [0.29, 0.717) is 29.4 Å². The fraction of sp³-hybridized carbons (Fsp3) is 0.233. The molecule has 2 atom stereocenters. The smallest absolute Gasteiger partial charge is 0.336 e. The molecule has 2 heterocycles. The third kappa shape index (κ3) is 3.98. The molecule has 3 aromatic rings. The number of benzene rings is 3. The van der Waals surface area contributed by atoms with Gasteiger partial charge in [-0.2, -0.15) is 0 Å². The van der Waals surface area contributed by atoms with Crippen LogP contribution < -0.4 is 14.2 Å². The molecule has 0 aliphatic carbocycles. The number of fused-ring (bicyclic) bond motifs is 2. The maximum absolute atomic E-state index is 12.8. The number of hydrogen-bond donors (Lipinski definition) is 0. The van der Waals surface area contributed by atoms with Crippen LogP contribution in [0.2, 0.25) is 0 Å². The van der Waals surface area contributed by atoms with E-state index in [2.05, 4.69) is 29.2 Å². The van der Waals surface area contributed by atoms with E-state index in [1.807, 2.05) is 61.5 Å². The Bertz CT molecular complexity index is 1330. The second-order valence-corrected chi connectivity index (χ2v) is 8.77. The van der Waals surface area contributed by atoms with Gasteiger partial charge >= 0.3 is 5.97 Å². The molecule has 3 aromatic carbocycles. The standard InChI is InChI=1S/C30H29NO5/c1-19-26-23(36-30(19)32)16-15-22-17-24(33-2)28(34-3)29(35-4)25(22)27(21-13-9-6-10-14-21)31(26)18-20-11-7-5-8-12-20/h5-17,23,27H,18H2,1-4H3/b16-15-/t23-,27+/m0/s1. The maximum atomic E-state index is 12.8. The van der Waals surface area contributed by atoms with Crippen molar-refractivity contribution < 1.29 is 23.7 Å². The Morgan fingerprint density at radius 2 is 1.56 bits per heavy atom. The van der Waals surface area contributed by atoms with E-state index in [9.17, 15) is 4.79 Å². The number of methoxy groups -OCH3 is 3. The number of nitrogens with zero attached hydrogens (tertiary/aromatic N) is 1. The third-order valence-electron chi connectivity index (χ3n) is 6.75. The van der Waals surface area contributed by atoms with Crippen LogP contribution in [0.3, 0.4) is 0 Å². The fourth-order valence-corrected chi connectivity index (χ4v) is 5.13. The van der Waals surface area contributed by atoms with Gasteiger partial charge in [-0.15, -0.1) is 0 Å². The van der Waals surface area contributed by atoms with Crippen LogP contribution in [0.4, 0.5) is 0 Å². The van der Waals surface area contributed by atoms with Crippen molar-refractivity contribution in [2.24, 2.45) is 0 Å². The first-order valence-electron chi connectivity index (χ1n) is 11.9. The van der Waals surface area contributed by atoms with Gasteiger partial charge in [-0.1, -0.05) is 66.7 Å². The van der Waals surface area contributed by atoms with Gasteiger partial charge in [-0.3, -0.25) is 0 Å². The van der Waals surface area contributed by atoms with E-state index in [4.69, 9.17) is 18.9 Å². The van der Waals surface area contributed by atoms with Crippen LogP contribution in [-0.2, 0) is 16.1 Å². The molecule has 184 valence electrons. The summed E-state index contributed by atoms with van der Waals surface area (Å²) in [5.41, 5.74) is 5.43. The highest BCUT2D eigenvalue weighted by Gasteiger charge is 2.41. The Kier molecular flexibility index (Phi) is 6.42. The lowest BCUT2D eigenvalue weighted by molar-refractivity contribution is -0.138. The highest BCUT2D eigenvalue weighted by atomic mass is 16.6. The summed E-state index contributed by atoms with van der Waals surface area (Å²) >= 11 is 0. The van der Waals surface area contributed by atoms with Crippen LogP contribution in [0.25, 0.3) is 6.08 Å². The van der Waals surface area contributed by atoms with Crippen molar-refractivity contribution in [2.75, 3.05) is 21.3 Å². The molecule has 0 radical (unpaired) electrons. The molecule has 6 nitrogen and oxygen atoms in total. The summed E-state index contributed by atoms with van der Waals surface area (Å²) in [4.78, 5) is 15.1. The highest BCUT2D eigenvalue weighted by Crippen LogP contribution is 2.50. The zero-order chi connectivity index (χ0) is 25.2. The molecule has 6 heteroatoms. The Balaban J connectivity index is 1.85. The predicted octanol–water partition coefficient (Wildman–Crippen LogP) is 5.53. The number of hydrogen-bond acceptors (Lipinski definition) is 6. The zero-order valence-corrected chi connectivity index (χ0v) is 20.9. The Morgan fingerprint density at radius 1 is 0.889 bits per heavy atom. The van der Waals surface area contributed by atoms with Crippen molar-refractivity contribution >= 4 is 12.0 Å². The van der Waals surface area contributed by atoms with Crippen LogP contribution in [0.1, 0.15) is 35.2 Å². The molecule has 0 amide bonds. The van der Waals surface area contributed by atoms with Gasteiger partial charge in [0.15, 0.2) is 17.6 Å². The van der Waals surface area contributed by atoms with E-state index in [0.717, 1.165) is 28.0 Å². The topological polar surface area (TPSA) is 57.2 Å². The zero-order valence-electron chi connectivity index (χ0n) is 20.9. The molecule has 0 saturated carbocycles. The average Bonchev–Trinajstić information content (AvgIpc) is 3.19. The summed E-state index contributed by atoms with van der Waals surface area (Å²) in [6.07, 6.45) is 3.40. The van der Waals surface area contributed by atoms with Crippen LogP contribution in [0, 0.1) is 0 Å². The monoisotopic (exact) mass is 483 g/mol. The van der Waals surface area contributed by atoms with E-state index < -0.39 is 6.10 Å². The third-order valence-corrected chi connectivity index (χ3v) is 6.75. The first-order chi connectivity index (χ1) is 17.6. The molecule has 0 N–H and O–H groups in total. The summed E-state index contributed by atoms with van der Waals surface area (Å²) in [5.74, 6) is 1.37. The van der Waals surface area contributed by atoms with Crippen molar-refractivity contribution in [3.63, 3.8) is 0 Å². The second-order valence-electron chi connectivity index (χ2n) is 8.77. The minimum atomic E-state index is -0.500. The molecular formula is C30H29NO5. The normalized spacial score (nSPS) is 19.6. The van der Waals surface area contributed by atoms with Crippen LogP contribution in [-0.4, -0.2) is 38.3 Å². The molecule has 2 aliphatic rings. The molecule has 0 spiro atoms. The lowest BCUT2D eigenvalue weighted by Crippen LogP contribution is -2.34. The molecular weight excluding hydrogens is 454 g/mol. The number of carbonyl (C=O) groups is 1. The molecule has 36 heavy (non-hydrogen) atoms. The number of ether oxygens (including phenoxy) is 4. The van der Waals surface area contributed by atoms with E-state index in [1.54, 1.807) is 21.3 Å². The molecule has 0 fully saturated rings.